The third-order valence-corrected chi connectivity index (χ3v) is 3.81. The van der Waals surface area contributed by atoms with Crippen molar-refractivity contribution in [2.75, 3.05) is 0 Å². The molecule has 2 heterocycles. The second-order valence-corrected chi connectivity index (χ2v) is 5.54. The van der Waals surface area contributed by atoms with Crippen molar-refractivity contribution in [2.45, 2.75) is 20.0 Å². The maximum Gasteiger partial charge on any atom is 0.345 e. The smallest absolute Gasteiger partial charge is 0.345 e. The van der Waals surface area contributed by atoms with Crippen LogP contribution in [-0.2, 0) is 4.79 Å². The molecule has 128 valence electrons. The van der Waals surface area contributed by atoms with E-state index in [2.05, 4.69) is 4.98 Å². The zero-order valence-electron chi connectivity index (χ0n) is 13.8. The number of hydrogen-bond donors (Lipinski definition) is 1. The van der Waals surface area contributed by atoms with E-state index in [1.807, 2.05) is 11.3 Å². The number of primary amides is 1. The highest BCUT2D eigenvalue weighted by molar-refractivity contribution is 5.92. The van der Waals surface area contributed by atoms with E-state index in [1.54, 1.807) is 55.8 Å². The number of benzene rings is 1. The van der Waals surface area contributed by atoms with Gasteiger partial charge in [0, 0.05) is 5.69 Å². The molecule has 0 aliphatic carbocycles. The van der Waals surface area contributed by atoms with E-state index in [4.69, 9.17) is 15.2 Å². The van der Waals surface area contributed by atoms with Gasteiger partial charge in [0.25, 0.3) is 5.91 Å². The number of rotatable bonds is 5. The molecule has 7 nitrogen and oxygen atoms in total. The first-order valence-electron chi connectivity index (χ1n) is 7.65. The first kappa shape index (κ1) is 16.5. The average Bonchev–Trinajstić information content (AvgIpc) is 3.06. The van der Waals surface area contributed by atoms with Gasteiger partial charge in [0.05, 0.1) is 23.6 Å². The molecule has 0 aliphatic heterocycles. The monoisotopic (exact) mass is 339 g/mol. The molecule has 1 aromatic carbocycles. The summed E-state index contributed by atoms with van der Waals surface area (Å²) in [6, 6.07) is 9.90. The lowest BCUT2D eigenvalue weighted by Gasteiger charge is -2.12. The molecular weight excluding hydrogens is 322 g/mol. The summed E-state index contributed by atoms with van der Waals surface area (Å²) in [5.41, 5.74) is 7.25. The lowest BCUT2D eigenvalue weighted by molar-refractivity contribution is -0.123. The Hall–Kier alpha value is -3.35. The van der Waals surface area contributed by atoms with E-state index in [0.717, 1.165) is 11.2 Å². The van der Waals surface area contributed by atoms with Crippen molar-refractivity contribution in [1.29, 1.82) is 0 Å². The van der Waals surface area contributed by atoms with Gasteiger partial charge in [-0.25, -0.2) is 9.78 Å². The Kier molecular flexibility index (Phi) is 4.38. The van der Waals surface area contributed by atoms with Gasteiger partial charge in [0.1, 0.15) is 11.5 Å². The predicted molar refractivity (Wildman–Crippen MR) is 90.6 cm³/mol. The van der Waals surface area contributed by atoms with Gasteiger partial charge in [-0.3, -0.25) is 4.79 Å². The third-order valence-electron chi connectivity index (χ3n) is 3.81. The van der Waals surface area contributed by atoms with Gasteiger partial charge in [-0.05, 0) is 50.2 Å². The molecule has 2 aromatic heterocycles. The summed E-state index contributed by atoms with van der Waals surface area (Å²) in [5.74, 6) is -0.190. The Morgan fingerprint density at radius 2 is 1.80 bits per heavy atom. The molecule has 25 heavy (non-hydrogen) atoms. The van der Waals surface area contributed by atoms with E-state index >= 15 is 0 Å². The van der Waals surface area contributed by atoms with Crippen molar-refractivity contribution >= 4 is 17.4 Å². The van der Waals surface area contributed by atoms with Crippen LogP contribution in [0.2, 0.25) is 0 Å². The number of carbonyl (C=O) groups is 2. The van der Waals surface area contributed by atoms with Crippen LogP contribution in [0, 0.1) is 6.92 Å². The van der Waals surface area contributed by atoms with Gasteiger partial charge in [-0.1, -0.05) is 0 Å². The number of nitrogens with two attached hydrogens (primary N) is 1. The van der Waals surface area contributed by atoms with E-state index in [-0.39, 0.29) is 0 Å². The number of hydrogen-bond acceptors (Lipinski definition) is 5. The van der Waals surface area contributed by atoms with Gasteiger partial charge in [-0.15, -0.1) is 0 Å². The van der Waals surface area contributed by atoms with Crippen molar-refractivity contribution < 1.29 is 19.1 Å². The molecule has 0 saturated carbocycles. The van der Waals surface area contributed by atoms with Crippen LogP contribution < -0.4 is 15.2 Å². The molecule has 0 radical (unpaired) electrons. The Morgan fingerprint density at radius 1 is 1.12 bits per heavy atom. The summed E-state index contributed by atoms with van der Waals surface area (Å²) < 4.78 is 12.6. The molecule has 0 saturated heterocycles. The number of pyridine rings is 1. The van der Waals surface area contributed by atoms with E-state index in [9.17, 15) is 9.59 Å². The summed E-state index contributed by atoms with van der Waals surface area (Å²) in [5, 5.41) is 0. The van der Waals surface area contributed by atoms with Gasteiger partial charge < -0.3 is 19.6 Å². The van der Waals surface area contributed by atoms with Crippen molar-refractivity contribution in [1.82, 2.24) is 9.38 Å². The maximum absolute atomic E-state index is 12.4. The molecule has 7 heteroatoms. The standard InChI is InChI=1S/C18H17N3O4/c1-11-16(8-3-13-9-20-10-21(11)13)18(23)25-15-6-4-14(5-7-15)24-12(2)17(19)22/h3-10,12H,1-2H3,(H2,19,22)/t12-/m1/s1. The normalized spacial score (nSPS) is 11.9. The number of fused-ring (bicyclic) bond motifs is 1. The van der Waals surface area contributed by atoms with E-state index in [0.29, 0.717) is 17.1 Å². The highest BCUT2D eigenvalue weighted by atomic mass is 16.5. The lowest BCUT2D eigenvalue weighted by Crippen LogP contribution is -2.30. The Balaban J connectivity index is 1.74. The van der Waals surface area contributed by atoms with Crippen molar-refractivity contribution in [3.05, 3.63) is 60.2 Å². The first-order chi connectivity index (χ1) is 12.0. The second-order valence-electron chi connectivity index (χ2n) is 5.54. The molecule has 0 unspecified atom stereocenters. The fraction of sp³-hybridized carbons (Fsp3) is 0.167. The van der Waals surface area contributed by atoms with Gasteiger partial charge in [0.15, 0.2) is 6.10 Å². The Bertz CT molecular complexity index is 931. The fourth-order valence-corrected chi connectivity index (χ4v) is 2.35. The summed E-state index contributed by atoms with van der Waals surface area (Å²) >= 11 is 0. The molecule has 2 N–H and O–H groups in total. The molecule has 1 amide bonds. The van der Waals surface area contributed by atoms with Crippen LogP contribution in [0.25, 0.3) is 5.52 Å². The predicted octanol–water partition coefficient (Wildman–Crippen LogP) is 2.11. The number of aromatic nitrogens is 2. The van der Waals surface area contributed by atoms with Crippen LogP contribution in [0.3, 0.4) is 0 Å². The van der Waals surface area contributed by atoms with Gasteiger partial charge in [-0.2, -0.15) is 0 Å². The molecule has 1 atom stereocenters. The van der Waals surface area contributed by atoms with Crippen LogP contribution in [0.15, 0.2) is 48.9 Å². The quantitative estimate of drug-likeness (QED) is 0.567. The van der Waals surface area contributed by atoms with Crippen LogP contribution >= 0.6 is 0 Å². The summed E-state index contributed by atoms with van der Waals surface area (Å²) in [7, 11) is 0. The second kappa shape index (κ2) is 6.64. The minimum Gasteiger partial charge on any atom is -0.481 e. The molecular formula is C18H17N3O4. The highest BCUT2D eigenvalue weighted by Gasteiger charge is 2.15. The first-order valence-corrected chi connectivity index (χ1v) is 7.65. The van der Waals surface area contributed by atoms with E-state index in [1.165, 1.54) is 0 Å². The van der Waals surface area contributed by atoms with Crippen molar-refractivity contribution in [3.8, 4) is 11.5 Å². The number of esters is 1. The SMILES string of the molecule is Cc1c(C(=O)Oc2ccc(O[C@H](C)C(N)=O)cc2)ccc2cncn12. The zero-order valence-corrected chi connectivity index (χ0v) is 13.8. The minimum absolute atomic E-state index is 0.370. The van der Waals surface area contributed by atoms with Crippen LogP contribution in [0.5, 0.6) is 11.5 Å². The lowest BCUT2D eigenvalue weighted by atomic mass is 10.2. The van der Waals surface area contributed by atoms with Crippen LogP contribution in [-0.4, -0.2) is 27.4 Å². The summed E-state index contributed by atoms with van der Waals surface area (Å²) in [4.78, 5) is 27.5. The number of ether oxygens (including phenoxy) is 2. The maximum atomic E-state index is 12.4. The van der Waals surface area contributed by atoms with Gasteiger partial charge >= 0.3 is 5.97 Å². The van der Waals surface area contributed by atoms with E-state index < -0.39 is 18.0 Å². The summed E-state index contributed by atoms with van der Waals surface area (Å²) in [6.45, 7) is 3.39. The Morgan fingerprint density at radius 3 is 2.48 bits per heavy atom. The van der Waals surface area contributed by atoms with Crippen LogP contribution in [0.1, 0.15) is 23.0 Å². The minimum atomic E-state index is -0.738. The van der Waals surface area contributed by atoms with Crippen molar-refractivity contribution in [2.24, 2.45) is 5.73 Å². The average molecular weight is 339 g/mol. The fourth-order valence-electron chi connectivity index (χ4n) is 2.35. The number of aryl methyl sites for hydroxylation is 1. The Labute approximate surface area is 144 Å². The number of carbonyl (C=O) groups excluding carboxylic acids is 2. The largest absolute Gasteiger partial charge is 0.481 e. The number of imidazole rings is 1. The number of amides is 1. The molecule has 3 rings (SSSR count). The molecule has 0 fully saturated rings. The van der Waals surface area contributed by atoms with Gasteiger partial charge in [0.2, 0.25) is 0 Å². The molecule has 0 bridgehead atoms. The molecule has 0 aliphatic rings. The molecule has 3 aromatic rings. The summed E-state index contributed by atoms with van der Waals surface area (Å²) in [6.07, 6.45) is 2.62. The molecule has 0 spiro atoms. The third kappa shape index (κ3) is 3.45. The zero-order chi connectivity index (χ0) is 18.0. The highest BCUT2D eigenvalue weighted by Crippen LogP contribution is 2.21. The van der Waals surface area contributed by atoms with Crippen LogP contribution in [0.4, 0.5) is 0 Å². The number of nitrogens with zero attached hydrogens (tertiary/aromatic N) is 2. The topological polar surface area (TPSA) is 95.9 Å². The van der Waals surface area contributed by atoms with Crippen molar-refractivity contribution in [3.63, 3.8) is 0 Å².